The van der Waals surface area contributed by atoms with Gasteiger partial charge in [-0.25, -0.2) is 18.6 Å². The Balaban J connectivity index is 1.49. The molecule has 2 amide bonds. The van der Waals surface area contributed by atoms with Crippen molar-refractivity contribution in [1.29, 1.82) is 0 Å². The molecule has 0 bridgehead atoms. The molecule has 3 N–H and O–H groups in total. The largest absolute Gasteiger partial charge is 0.334 e. The van der Waals surface area contributed by atoms with Crippen LogP contribution in [0.5, 0.6) is 0 Å². The average molecular weight is 343 g/mol. The van der Waals surface area contributed by atoms with Crippen LogP contribution in [0.1, 0.15) is 11.4 Å². The summed E-state index contributed by atoms with van der Waals surface area (Å²) in [7, 11) is 0. The van der Waals surface area contributed by atoms with Gasteiger partial charge in [0.15, 0.2) is 5.82 Å². The lowest BCUT2D eigenvalue weighted by Gasteiger charge is -2.06. The van der Waals surface area contributed by atoms with E-state index in [0.29, 0.717) is 17.2 Å². The number of nitrogens with one attached hydrogen (secondary N) is 3. The number of halogens is 2. The van der Waals surface area contributed by atoms with E-state index in [1.165, 1.54) is 24.3 Å². The highest BCUT2D eigenvalue weighted by molar-refractivity contribution is 5.73. The molecule has 0 unspecified atom stereocenters. The Labute approximate surface area is 142 Å². The van der Waals surface area contributed by atoms with Gasteiger partial charge in [-0.2, -0.15) is 5.10 Å². The maximum atomic E-state index is 12.9. The third kappa shape index (κ3) is 4.60. The van der Waals surface area contributed by atoms with E-state index in [4.69, 9.17) is 0 Å². The minimum Gasteiger partial charge on any atom is -0.334 e. The first-order valence-electron chi connectivity index (χ1n) is 7.53. The van der Waals surface area contributed by atoms with Crippen molar-refractivity contribution in [2.45, 2.75) is 13.1 Å². The zero-order chi connectivity index (χ0) is 17.6. The lowest BCUT2D eigenvalue weighted by molar-refractivity contribution is 0.240. The fourth-order valence-corrected chi connectivity index (χ4v) is 2.11. The van der Waals surface area contributed by atoms with Gasteiger partial charge >= 0.3 is 6.03 Å². The number of hydrogen-bond donors (Lipinski definition) is 3. The maximum Gasteiger partial charge on any atom is 0.315 e. The molecule has 8 heteroatoms. The molecule has 0 aliphatic rings. The number of carbonyl (C=O) groups excluding carboxylic acids is 1. The Morgan fingerprint density at radius 1 is 0.920 bits per heavy atom. The lowest BCUT2D eigenvalue weighted by Crippen LogP contribution is -2.34. The number of amides is 2. The van der Waals surface area contributed by atoms with Crippen molar-refractivity contribution < 1.29 is 13.6 Å². The van der Waals surface area contributed by atoms with Crippen molar-refractivity contribution in [2.75, 3.05) is 0 Å². The number of H-pyrrole nitrogens is 1. The van der Waals surface area contributed by atoms with Crippen LogP contribution in [0.4, 0.5) is 13.6 Å². The summed E-state index contributed by atoms with van der Waals surface area (Å²) >= 11 is 0. The summed E-state index contributed by atoms with van der Waals surface area (Å²) in [6.07, 6.45) is 0. The standard InChI is InChI=1S/C17H15F2N5O/c18-13-5-1-11(2-6-13)9-20-17(25)21-10-15-22-16(24-23-15)12-3-7-14(19)8-4-12/h1-8H,9-10H2,(H2,20,21,25)(H,22,23,24). The van der Waals surface area contributed by atoms with Crippen LogP contribution in [0.25, 0.3) is 11.4 Å². The average Bonchev–Trinajstić information content (AvgIpc) is 3.09. The quantitative estimate of drug-likeness (QED) is 0.666. The molecule has 25 heavy (non-hydrogen) atoms. The van der Waals surface area contributed by atoms with Gasteiger partial charge in [0, 0.05) is 12.1 Å². The Kier molecular flexibility index (Phi) is 4.98. The van der Waals surface area contributed by atoms with Crippen molar-refractivity contribution in [3.63, 3.8) is 0 Å². The fraction of sp³-hybridized carbons (Fsp3) is 0.118. The normalized spacial score (nSPS) is 10.5. The summed E-state index contributed by atoms with van der Waals surface area (Å²) in [5.74, 6) is 0.231. The first kappa shape index (κ1) is 16.6. The van der Waals surface area contributed by atoms with E-state index < -0.39 is 0 Å². The second-order valence-electron chi connectivity index (χ2n) is 5.28. The smallest absolute Gasteiger partial charge is 0.315 e. The molecular weight excluding hydrogens is 328 g/mol. The molecule has 0 fully saturated rings. The molecule has 0 saturated heterocycles. The molecule has 1 aromatic heterocycles. The first-order valence-corrected chi connectivity index (χ1v) is 7.53. The molecule has 128 valence electrons. The predicted molar refractivity (Wildman–Crippen MR) is 87.3 cm³/mol. The molecule has 0 radical (unpaired) electrons. The highest BCUT2D eigenvalue weighted by Gasteiger charge is 2.07. The van der Waals surface area contributed by atoms with Crippen molar-refractivity contribution in [2.24, 2.45) is 0 Å². The van der Waals surface area contributed by atoms with Gasteiger partial charge in [0.1, 0.15) is 17.5 Å². The number of hydrogen-bond acceptors (Lipinski definition) is 3. The molecule has 6 nitrogen and oxygen atoms in total. The molecule has 0 saturated carbocycles. The van der Waals surface area contributed by atoms with E-state index in [-0.39, 0.29) is 30.8 Å². The number of aromatic amines is 1. The van der Waals surface area contributed by atoms with Crippen LogP contribution < -0.4 is 10.6 Å². The van der Waals surface area contributed by atoms with Crippen LogP contribution in [0.15, 0.2) is 48.5 Å². The topological polar surface area (TPSA) is 82.7 Å². The highest BCUT2D eigenvalue weighted by atomic mass is 19.1. The molecule has 0 atom stereocenters. The maximum absolute atomic E-state index is 12.9. The van der Waals surface area contributed by atoms with E-state index in [0.717, 1.165) is 5.56 Å². The van der Waals surface area contributed by atoms with Crippen LogP contribution in [0.3, 0.4) is 0 Å². The monoisotopic (exact) mass is 343 g/mol. The van der Waals surface area contributed by atoms with Gasteiger partial charge < -0.3 is 10.6 Å². The van der Waals surface area contributed by atoms with Crippen LogP contribution >= 0.6 is 0 Å². The highest BCUT2D eigenvalue weighted by Crippen LogP contribution is 2.14. The summed E-state index contributed by atoms with van der Waals surface area (Å²) in [4.78, 5) is 16.0. The molecule has 1 heterocycles. The number of rotatable bonds is 5. The van der Waals surface area contributed by atoms with Crippen molar-refractivity contribution in [3.8, 4) is 11.4 Å². The third-order valence-electron chi connectivity index (χ3n) is 3.42. The Hall–Kier alpha value is -3.29. The third-order valence-corrected chi connectivity index (χ3v) is 3.42. The number of nitrogens with zero attached hydrogens (tertiary/aromatic N) is 2. The van der Waals surface area contributed by atoms with Crippen LogP contribution in [0.2, 0.25) is 0 Å². The minimum absolute atomic E-state index is 0.156. The zero-order valence-corrected chi connectivity index (χ0v) is 13.1. The summed E-state index contributed by atoms with van der Waals surface area (Å²) in [6.45, 7) is 0.437. The predicted octanol–water partition coefficient (Wildman–Crippen LogP) is 2.75. The van der Waals surface area contributed by atoms with Gasteiger partial charge in [0.25, 0.3) is 0 Å². The summed E-state index contributed by atoms with van der Waals surface area (Å²) in [6, 6.07) is 11.3. The Morgan fingerprint density at radius 2 is 1.52 bits per heavy atom. The van der Waals surface area contributed by atoms with Crippen molar-refractivity contribution in [1.82, 2.24) is 25.8 Å². The molecule has 3 aromatic rings. The van der Waals surface area contributed by atoms with Crippen molar-refractivity contribution >= 4 is 6.03 Å². The summed E-state index contributed by atoms with van der Waals surface area (Å²) in [5.41, 5.74) is 1.46. The van der Waals surface area contributed by atoms with Crippen LogP contribution in [-0.4, -0.2) is 21.2 Å². The van der Waals surface area contributed by atoms with Gasteiger partial charge in [0.05, 0.1) is 6.54 Å². The zero-order valence-electron chi connectivity index (χ0n) is 13.1. The van der Waals surface area contributed by atoms with Crippen LogP contribution in [0, 0.1) is 11.6 Å². The Bertz CT molecular complexity index is 846. The minimum atomic E-state index is -0.385. The summed E-state index contributed by atoms with van der Waals surface area (Å²) in [5, 5.41) is 12.0. The van der Waals surface area contributed by atoms with Crippen molar-refractivity contribution in [3.05, 3.63) is 71.6 Å². The molecule has 3 rings (SSSR count). The van der Waals surface area contributed by atoms with Gasteiger partial charge in [-0.3, -0.25) is 5.10 Å². The Morgan fingerprint density at radius 3 is 2.20 bits per heavy atom. The van der Waals surface area contributed by atoms with E-state index >= 15 is 0 Å². The first-order chi connectivity index (χ1) is 12.1. The van der Waals surface area contributed by atoms with Crippen LogP contribution in [-0.2, 0) is 13.1 Å². The number of aromatic nitrogens is 3. The lowest BCUT2D eigenvalue weighted by atomic mass is 10.2. The molecule has 0 aliphatic carbocycles. The van der Waals surface area contributed by atoms with Gasteiger partial charge in [0.2, 0.25) is 0 Å². The SMILES string of the molecule is O=C(NCc1ccc(F)cc1)NCc1nc(-c2ccc(F)cc2)n[nH]1. The number of carbonyl (C=O) groups is 1. The number of urea groups is 1. The van der Waals surface area contributed by atoms with Gasteiger partial charge in [-0.1, -0.05) is 12.1 Å². The molecular formula is C17H15F2N5O. The van der Waals surface area contributed by atoms with E-state index in [1.54, 1.807) is 24.3 Å². The van der Waals surface area contributed by atoms with Gasteiger partial charge in [-0.05, 0) is 42.0 Å². The molecule has 0 aliphatic heterocycles. The second-order valence-corrected chi connectivity index (χ2v) is 5.28. The number of benzene rings is 2. The van der Waals surface area contributed by atoms with E-state index in [2.05, 4.69) is 25.8 Å². The van der Waals surface area contributed by atoms with Gasteiger partial charge in [-0.15, -0.1) is 0 Å². The molecule has 2 aromatic carbocycles. The van der Waals surface area contributed by atoms with E-state index in [9.17, 15) is 13.6 Å². The molecule has 0 spiro atoms. The summed E-state index contributed by atoms with van der Waals surface area (Å²) < 4.78 is 25.7. The van der Waals surface area contributed by atoms with E-state index in [1.807, 2.05) is 0 Å². The second kappa shape index (κ2) is 7.52. The fourth-order valence-electron chi connectivity index (χ4n) is 2.11.